The first-order valence-electron chi connectivity index (χ1n) is 10.6. The lowest BCUT2D eigenvalue weighted by molar-refractivity contribution is -0.137. The molecule has 2 N–H and O–H groups in total. The molecular formula is C24H21ClF3N5O2. The Balaban J connectivity index is 1.68. The number of nitrogens with one attached hydrogen (secondary N) is 2. The van der Waals surface area contributed by atoms with Gasteiger partial charge in [-0.1, -0.05) is 30.3 Å². The van der Waals surface area contributed by atoms with Gasteiger partial charge in [-0.2, -0.15) is 13.2 Å². The van der Waals surface area contributed by atoms with E-state index in [1.165, 1.54) is 18.2 Å². The molecule has 3 aromatic rings. The topological polar surface area (TPSA) is 79.4 Å². The number of carbonyl (C=O) groups excluding carboxylic acids is 1. The number of nitrogens with zero attached hydrogens (tertiary/aromatic N) is 3. The highest BCUT2D eigenvalue weighted by atomic mass is 35.5. The maximum absolute atomic E-state index is 13.7. The number of anilines is 4. The highest BCUT2D eigenvalue weighted by Crippen LogP contribution is 2.37. The van der Waals surface area contributed by atoms with Gasteiger partial charge in [0, 0.05) is 36.2 Å². The lowest BCUT2D eigenvalue weighted by Crippen LogP contribution is -2.36. The van der Waals surface area contributed by atoms with Gasteiger partial charge in [-0.25, -0.2) is 9.97 Å². The van der Waals surface area contributed by atoms with Gasteiger partial charge in [0.1, 0.15) is 5.56 Å². The lowest BCUT2D eigenvalue weighted by Gasteiger charge is -2.30. The van der Waals surface area contributed by atoms with Gasteiger partial charge in [0.05, 0.1) is 29.6 Å². The second kappa shape index (κ2) is 10.3. The first-order valence-corrected chi connectivity index (χ1v) is 11.0. The van der Waals surface area contributed by atoms with Gasteiger partial charge >= 0.3 is 6.18 Å². The molecule has 7 nitrogen and oxygen atoms in total. The highest BCUT2D eigenvalue weighted by Gasteiger charge is 2.35. The molecule has 2 aromatic carbocycles. The summed E-state index contributed by atoms with van der Waals surface area (Å²) in [5.41, 5.74) is 0.482. The van der Waals surface area contributed by atoms with Crippen molar-refractivity contribution in [2.24, 2.45) is 0 Å². The van der Waals surface area contributed by atoms with Crippen LogP contribution in [0.2, 0.25) is 5.02 Å². The average Bonchev–Trinajstić information content (AvgIpc) is 2.85. The molecule has 0 bridgehead atoms. The van der Waals surface area contributed by atoms with Gasteiger partial charge in [-0.05, 0) is 36.4 Å². The van der Waals surface area contributed by atoms with Crippen molar-refractivity contribution in [1.29, 1.82) is 0 Å². The molecule has 0 saturated carbocycles. The molecule has 0 aliphatic carbocycles. The zero-order valence-corrected chi connectivity index (χ0v) is 19.2. The molecule has 0 spiro atoms. The first kappa shape index (κ1) is 24.5. The van der Waals surface area contributed by atoms with Crippen LogP contribution in [-0.4, -0.2) is 42.2 Å². The van der Waals surface area contributed by atoms with Crippen LogP contribution in [0.15, 0.2) is 61.3 Å². The van der Waals surface area contributed by atoms with Crippen molar-refractivity contribution in [3.8, 4) is 11.3 Å². The van der Waals surface area contributed by atoms with Gasteiger partial charge in [-0.15, -0.1) is 0 Å². The number of ether oxygens (including phenoxy) is 1. The van der Waals surface area contributed by atoms with Crippen molar-refractivity contribution >= 4 is 40.5 Å². The molecular weight excluding hydrogens is 483 g/mol. The Hall–Kier alpha value is -3.63. The molecule has 35 heavy (non-hydrogen) atoms. The van der Waals surface area contributed by atoms with E-state index in [0.717, 1.165) is 18.0 Å². The predicted molar refractivity (Wildman–Crippen MR) is 129 cm³/mol. The van der Waals surface area contributed by atoms with Crippen LogP contribution in [0.1, 0.15) is 5.56 Å². The Morgan fingerprint density at radius 3 is 2.63 bits per heavy atom. The molecule has 11 heteroatoms. The molecule has 0 radical (unpaired) electrons. The van der Waals surface area contributed by atoms with Crippen LogP contribution in [0.4, 0.5) is 36.2 Å². The molecule has 1 aliphatic heterocycles. The largest absolute Gasteiger partial charge is 0.419 e. The molecule has 1 amide bonds. The Kier molecular flexibility index (Phi) is 7.23. The minimum absolute atomic E-state index is 0.0243. The van der Waals surface area contributed by atoms with Crippen LogP contribution >= 0.6 is 11.6 Å². The molecule has 1 aromatic heterocycles. The van der Waals surface area contributed by atoms with Gasteiger partial charge in [0.2, 0.25) is 11.9 Å². The number of rotatable bonds is 6. The number of morpholine rings is 1. The molecule has 182 valence electrons. The van der Waals surface area contributed by atoms with Crippen LogP contribution in [0.3, 0.4) is 0 Å². The summed E-state index contributed by atoms with van der Waals surface area (Å²) in [7, 11) is 0. The first-order chi connectivity index (χ1) is 16.7. The Bertz CT molecular complexity index is 1250. The fraction of sp³-hybridized carbons (Fsp3) is 0.208. The summed E-state index contributed by atoms with van der Waals surface area (Å²) in [5.74, 6) is -0.508. The van der Waals surface area contributed by atoms with E-state index >= 15 is 0 Å². The summed E-state index contributed by atoms with van der Waals surface area (Å²) in [4.78, 5) is 21.7. The minimum atomic E-state index is -4.68. The third-order valence-corrected chi connectivity index (χ3v) is 5.56. The second-order valence-electron chi connectivity index (χ2n) is 7.62. The summed E-state index contributed by atoms with van der Waals surface area (Å²) in [6.07, 6.45) is -2.88. The van der Waals surface area contributed by atoms with Crippen molar-refractivity contribution in [2.45, 2.75) is 6.18 Å². The van der Waals surface area contributed by atoms with Crippen molar-refractivity contribution in [1.82, 2.24) is 9.97 Å². The fourth-order valence-electron chi connectivity index (χ4n) is 3.57. The van der Waals surface area contributed by atoms with Crippen molar-refractivity contribution in [3.63, 3.8) is 0 Å². The van der Waals surface area contributed by atoms with E-state index in [2.05, 4.69) is 32.1 Å². The predicted octanol–water partition coefficient (Wildman–Crippen LogP) is 5.52. The summed E-state index contributed by atoms with van der Waals surface area (Å²) >= 11 is 6.37. The van der Waals surface area contributed by atoms with Crippen LogP contribution < -0.4 is 15.5 Å². The summed E-state index contributed by atoms with van der Waals surface area (Å²) in [6.45, 7) is 5.86. The number of aromatic nitrogens is 2. The van der Waals surface area contributed by atoms with Gasteiger partial charge in [0.15, 0.2) is 0 Å². The summed E-state index contributed by atoms with van der Waals surface area (Å²) < 4.78 is 46.6. The second-order valence-corrected chi connectivity index (χ2v) is 8.03. The van der Waals surface area contributed by atoms with E-state index in [1.807, 2.05) is 0 Å². The van der Waals surface area contributed by atoms with E-state index in [-0.39, 0.29) is 17.2 Å². The van der Waals surface area contributed by atoms with E-state index in [9.17, 15) is 18.0 Å². The number of alkyl halides is 3. The number of hydrogen-bond donors (Lipinski definition) is 2. The third kappa shape index (κ3) is 5.90. The fourth-order valence-corrected chi connectivity index (χ4v) is 3.81. The van der Waals surface area contributed by atoms with Gasteiger partial charge < -0.3 is 20.3 Å². The third-order valence-electron chi connectivity index (χ3n) is 5.24. The Labute approximate surface area is 204 Å². The maximum atomic E-state index is 13.7. The zero-order chi connectivity index (χ0) is 25.0. The van der Waals surface area contributed by atoms with Crippen LogP contribution in [0.5, 0.6) is 0 Å². The maximum Gasteiger partial charge on any atom is 0.419 e. The smallest absolute Gasteiger partial charge is 0.378 e. The SMILES string of the molecule is C=CC(=O)Nc1cccc(-c2nc(Nc3ccc(Cl)c(N4CCOCC4)c3)ncc2C(F)(F)F)c1. The van der Waals surface area contributed by atoms with Crippen molar-refractivity contribution < 1.29 is 22.7 Å². The number of halogens is 4. The number of amides is 1. The monoisotopic (exact) mass is 503 g/mol. The van der Waals surface area contributed by atoms with E-state index < -0.39 is 17.6 Å². The van der Waals surface area contributed by atoms with Gasteiger partial charge in [-0.3, -0.25) is 4.79 Å². The molecule has 0 atom stereocenters. The highest BCUT2D eigenvalue weighted by molar-refractivity contribution is 6.33. The molecule has 1 fully saturated rings. The minimum Gasteiger partial charge on any atom is -0.378 e. The summed E-state index contributed by atoms with van der Waals surface area (Å²) in [5, 5.41) is 6.05. The molecule has 1 aliphatic rings. The normalized spacial score (nSPS) is 13.9. The summed E-state index contributed by atoms with van der Waals surface area (Å²) in [6, 6.07) is 11.1. The van der Waals surface area contributed by atoms with Crippen LogP contribution in [0.25, 0.3) is 11.3 Å². The van der Waals surface area contributed by atoms with Crippen molar-refractivity contribution in [2.75, 3.05) is 41.8 Å². The van der Waals surface area contributed by atoms with Crippen LogP contribution in [-0.2, 0) is 15.7 Å². The lowest BCUT2D eigenvalue weighted by atomic mass is 10.1. The standard InChI is InChI=1S/C24H21ClF3N5O2/c1-2-21(34)30-16-5-3-4-15(12-16)22-18(24(26,27)28)14-29-23(32-22)31-17-6-7-19(25)20(13-17)33-8-10-35-11-9-33/h2-7,12-14H,1,8-11H2,(H,30,34)(H,29,31,32). The van der Waals surface area contributed by atoms with Crippen molar-refractivity contribution in [3.05, 3.63) is 71.9 Å². The van der Waals surface area contributed by atoms with E-state index in [1.54, 1.807) is 24.3 Å². The molecule has 4 rings (SSSR count). The number of benzene rings is 2. The average molecular weight is 504 g/mol. The van der Waals surface area contributed by atoms with Crippen LogP contribution in [0, 0.1) is 0 Å². The molecule has 1 saturated heterocycles. The number of carbonyl (C=O) groups is 1. The Morgan fingerprint density at radius 1 is 1.14 bits per heavy atom. The Morgan fingerprint density at radius 2 is 1.91 bits per heavy atom. The molecule has 0 unspecified atom stereocenters. The van der Waals surface area contributed by atoms with E-state index in [4.69, 9.17) is 16.3 Å². The molecule has 2 heterocycles. The van der Waals surface area contributed by atoms with E-state index in [0.29, 0.717) is 42.7 Å². The zero-order valence-electron chi connectivity index (χ0n) is 18.4. The van der Waals surface area contributed by atoms with Gasteiger partial charge in [0.25, 0.3) is 0 Å². The number of hydrogen-bond acceptors (Lipinski definition) is 6. The quantitative estimate of drug-likeness (QED) is 0.431.